The van der Waals surface area contributed by atoms with Gasteiger partial charge >= 0.3 is 0 Å². The lowest BCUT2D eigenvalue weighted by molar-refractivity contribution is -0.280. The number of nitrogens with one attached hydrogen (secondary N) is 1. The van der Waals surface area contributed by atoms with Crippen LogP contribution in [-0.4, -0.2) is 113 Å². The number of aliphatic hydroxyl groups is 4. The Hall–Kier alpha value is -0.930. The molecule has 12 heteroatoms. The summed E-state index contributed by atoms with van der Waals surface area (Å²) in [5.74, 6) is -1.31. The molecule has 5 N–H and O–H groups in total. The van der Waals surface area contributed by atoms with E-state index in [1.807, 2.05) is 6.92 Å². The van der Waals surface area contributed by atoms with Crippen LogP contribution in [0.15, 0.2) is 0 Å². The summed E-state index contributed by atoms with van der Waals surface area (Å²) in [5, 5.41) is 43.3. The molecule has 3 heterocycles. The van der Waals surface area contributed by atoms with Gasteiger partial charge in [0, 0.05) is 13.5 Å². The Morgan fingerprint density at radius 2 is 1.88 bits per heavy atom. The van der Waals surface area contributed by atoms with Gasteiger partial charge in [-0.05, 0) is 20.3 Å². The van der Waals surface area contributed by atoms with Gasteiger partial charge in [-0.25, -0.2) is 0 Å². The number of carbonyl (C=O) groups is 1. The second-order valence-corrected chi connectivity index (χ2v) is 9.09. The molecule has 3 fully saturated rings. The van der Waals surface area contributed by atoms with Gasteiger partial charge in [0.2, 0.25) is 5.91 Å². The van der Waals surface area contributed by atoms with E-state index in [1.165, 1.54) is 6.92 Å². The van der Waals surface area contributed by atoms with Gasteiger partial charge in [-0.3, -0.25) is 4.79 Å². The van der Waals surface area contributed by atoms with Gasteiger partial charge in [0.1, 0.15) is 48.8 Å². The average Bonchev–Trinajstić information content (AvgIpc) is 3.22. The number of hydrogen-bond donors (Lipinski definition) is 5. The van der Waals surface area contributed by atoms with Gasteiger partial charge in [-0.1, -0.05) is 13.3 Å². The number of fused-ring (bicyclic) bond motifs is 1. The first-order valence-corrected chi connectivity index (χ1v) is 11.4. The average molecular weight is 480 g/mol. The Morgan fingerprint density at radius 3 is 2.52 bits per heavy atom. The van der Waals surface area contributed by atoms with Crippen LogP contribution in [-0.2, 0) is 33.2 Å². The highest BCUT2D eigenvalue weighted by atomic mass is 16.8. The number of aliphatic hydroxyl groups excluding tert-OH is 4. The fourth-order valence-corrected chi connectivity index (χ4v) is 4.27. The van der Waals surface area contributed by atoms with Crippen molar-refractivity contribution >= 4 is 5.91 Å². The Balaban J connectivity index is 1.65. The van der Waals surface area contributed by atoms with Gasteiger partial charge in [0.15, 0.2) is 18.4 Å². The molecule has 0 aromatic rings. The maximum Gasteiger partial charge on any atom is 0.217 e. The Morgan fingerprint density at radius 1 is 1.15 bits per heavy atom. The molecule has 33 heavy (non-hydrogen) atoms. The Labute approximate surface area is 193 Å². The highest BCUT2D eigenvalue weighted by Gasteiger charge is 2.57. The molecule has 3 aliphatic heterocycles. The van der Waals surface area contributed by atoms with Crippen molar-refractivity contribution in [1.82, 2.24) is 5.32 Å². The topological polar surface area (TPSA) is 165 Å². The molecule has 0 unspecified atom stereocenters. The number of carbonyl (C=O) groups excluding carboxylic acids is 1. The van der Waals surface area contributed by atoms with Crippen LogP contribution < -0.4 is 5.32 Å². The molecule has 0 bridgehead atoms. The third kappa shape index (κ3) is 6.20. The Bertz CT molecular complexity index is 650. The van der Waals surface area contributed by atoms with E-state index in [9.17, 15) is 25.2 Å². The van der Waals surface area contributed by atoms with Crippen LogP contribution in [0.1, 0.15) is 40.5 Å². The van der Waals surface area contributed by atoms with Crippen molar-refractivity contribution in [3.63, 3.8) is 0 Å². The van der Waals surface area contributed by atoms with Crippen molar-refractivity contribution in [2.24, 2.45) is 0 Å². The zero-order valence-corrected chi connectivity index (χ0v) is 19.5. The molecule has 3 rings (SSSR count). The summed E-state index contributed by atoms with van der Waals surface area (Å²) in [4.78, 5) is 11.6. The van der Waals surface area contributed by atoms with Crippen LogP contribution >= 0.6 is 0 Å². The molecular weight excluding hydrogens is 442 g/mol. The molecule has 3 aliphatic rings. The van der Waals surface area contributed by atoms with Crippen LogP contribution in [0.25, 0.3) is 0 Å². The predicted octanol–water partition coefficient (Wildman–Crippen LogP) is -1.63. The lowest BCUT2D eigenvalue weighted by Gasteiger charge is -2.42. The molecule has 1 amide bonds. The number of hydrogen-bond acceptors (Lipinski definition) is 11. The molecule has 3 saturated heterocycles. The molecular formula is C21H37NO11. The fraction of sp³-hybridized carbons (Fsp3) is 0.952. The van der Waals surface area contributed by atoms with E-state index >= 15 is 0 Å². The minimum Gasteiger partial charge on any atom is -0.394 e. The van der Waals surface area contributed by atoms with E-state index in [0.717, 1.165) is 12.8 Å². The van der Waals surface area contributed by atoms with E-state index in [0.29, 0.717) is 6.61 Å². The van der Waals surface area contributed by atoms with E-state index in [4.69, 9.17) is 28.4 Å². The maximum atomic E-state index is 11.6. The highest BCUT2D eigenvalue weighted by molar-refractivity contribution is 5.73. The largest absolute Gasteiger partial charge is 0.394 e. The molecule has 0 radical (unpaired) electrons. The quantitative estimate of drug-likeness (QED) is 0.228. The maximum absolute atomic E-state index is 11.6. The first kappa shape index (κ1) is 26.7. The highest BCUT2D eigenvalue weighted by Crippen LogP contribution is 2.40. The zero-order chi connectivity index (χ0) is 24.3. The van der Waals surface area contributed by atoms with Crippen LogP contribution in [0, 0.1) is 0 Å². The summed E-state index contributed by atoms with van der Waals surface area (Å²) in [6.07, 6.45) is -7.30. The van der Waals surface area contributed by atoms with Gasteiger partial charge in [-0.15, -0.1) is 0 Å². The molecule has 0 aromatic carbocycles. The van der Waals surface area contributed by atoms with E-state index < -0.39 is 79.7 Å². The second kappa shape index (κ2) is 11.2. The van der Waals surface area contributed by atoms with Crippen LogP contribution in [0.3, 0.4) is 0 Å². The summed E-state index contributed by atoms with van der Waals surface area (Å²) in [7, 11) is 0. The monoisotopic (exact) mass is 479 g/mol. The first-order valence-electron chi connectivity index (χ1n) is 11.4. The number of ether oxygens (including phenoxy) is 6. The normalized spacial score (nSPS) is 41.0. The summed E-state index contributed by atoms with van der Waals surface area (Å²) < 4.78 is 34.8. The van der Waals surface area contributed by atoms with Crippen molar-refractivity contribution < 1.29 is 53.6 Å². The van der Waals surface area contributed by atoms with Crippen molar-refractivity contribution in [1.29, 1.82) is 0 Å². The van der Waals surface area contributed by atoms with Crippen molar-refractivity contribution in [2.75, 3.05) is 19.8 Å². The smallest absolute Gasteiger partial charge is 0.217 e. The molecule has 0 aliphatic carbocycles. The van der Waals surface area contributed by atoms with Gasteiger partial charge < -0.3 is 54.2 Å². The Kier molecular flexibility index (Phi) is 9.06. The standard InChI is InChI=1S/C21H37NO11/c1-5-6-7-28-17-16(31-20-18(17)32-21(3,4)33-20)11(25)9-29-19-13(22-10(2)24)15(27)14(26)12(8-23)30-19/h11-20,23,25-27H,5-9H2,1-4H3,(H,22,24)/t11-,12-,13+,14+,15-,16+,17-,18+,19-,20+/m1/s1. The second-order valence-electron chi connectivity index (χ2n) is 9.09. The SMILES string of the molecule is CCCCO[C@H]1[C@@H]2OC(C)(C)O[C@@H]2O[C@H]1[C@H](O)CO[C@@H]1O[C@H](CO)[C@H](O)[C@H](O)[C@@H]1NC(C)=O. The van der Waals surface area contributed by atoms with E-state index in [-0.39, 0.29) is 6.61 Å². The number of rotatable bonds is 10. The molecule has 12 nitrogen and oxygen atoms in total. The van der Waals surface area contributed by atoms with Crippen LogP contribution in [0.2, 0.25) is 0 Å². The minimum absolute atomic E-state index is 0.303. The lowest BCUT2D eigenvalue weighted by atomic mass is 9.97. The zero-order valence-electron chi connectivity index (χ0n) is 19.5. The summed E-state index contributed by atoms with van der Waals surface area (Å²) in [5.41, 5.74) is 0. The molecule has 0 saturated carbocycles. The first-order chi connectivity index (χ1) is 15.6. The summed E-state index contributed by atoms with van der Waals surface area (Å²) in [6.45, 7) is 6.41. The predicted molar refractivity (Wildman–Crippen MR) is 111 cm³/mol. The number of amides is 1. The van der Waals surface area contributed by atoms with Gasteiger partial charge in [0.25, 0.3) is 0 Å². The minimum atomic E-state index is -1.45. The van der Waals surface area contributed by atoms with Gasteiger partial charge in [0.05, 0.1) is 13.2 Å². The van der Waals surface area contributed by atoms with Crippen LogP contribution in [0.5, 0.6) is 0 Å². The van der Waals surface area contributed by atoms with E-state index in [2.05, 4.69) is 5.32 Å². The molecule has 192 valence electrons. The lowest BCUT2D eigenvalue weighted by Crippen LogP contribution is -2.64. The van der Waals surface area contributed by atoms with Gasteiger partial charge in [-0.2, -0.15) is 0 Å². The van der Waals surface area contributed by atoms with Crippen molar-refractivity contribution in [3.8, 4) is 0 Å². The molecule has 10 atom stereocenters. The van der Waals surface area contributed by atoms with E-state index in [1.54, 1.807) is 13.8 Å². The summed E-state index contributed by atoms with van der Waals surface area (Å²) in [6, 6.07) is -1.11. The van der Waals surface area contributed by atoms with Crippen LogP contribution in [0.4, 0.5) is 0 Å². The van der Waals surface area contributed by atoms with Crippen molar-refractivity contribution in [3.05, 3.63) is 0 Å². The molecule has 0 aromatic heterocycles. The number of unbranched alkanes of at least 4 members (excludes halogenated alkanes) is 1. The third-order valence-electron chi connectivity index (χ3n) is 5.90. The summed E-state index contributed by atoms with van der Waals surface area (Å²) >= 11 is 0. The molecule has 0 spiro atoms. The fourth-order valence-electron chi connectivity index (χ4n) is 4.27. The third-order valence-corrected chi connectivity index (χ3v) is 5.90. The van der Waals surface area contributed by atoms with Crippen molar-refractivity contribution in [2.45, 2.75) is 108 Å².